The Balaban J connectivity index is 0.000000384. The molecule has 0 amide bonds. The van der Waals surface area contributed by atoms with Crippen molar-refractivity contribution in [2.75, 3.05) is 0 Å². The average Bonchev–Trinajstić information content (AvgIpc) is 2.43. The standard InChI is InChI=1S/3C9H11.Sc/c3*1-7-4-8(2)6-9(3)5-7;/h3*4-6H,1H2,2-3H3;/q3*-1;+3. The Morgan fingerprint density at radius 2 is 0.500 bits per heavy atom. The van der Waals surface area contributed by atoms with Crippen molar-refractivity contribution in [1.82, 2.24) is 0 Å². The first kappa shape index (κ1) is 26.1. The summed E-state index contributed by atoms with van der Waals surface area (Å²) < 4.78 is 0. The van der Waals surface area contributed by atoms with Gasteiger partial charge in [-0.15, -0.1) is 33.4 Å². The molecule has 0 saturated heterocycles. The van der Waals surface area contributed by atoms with Crippen LogP contribution in [-0.2, 0) is 25.8 Å². The minimum absolute atomic E-state index is 0. The molecule has 0 aliphatic rings. The summed E-state index contributed by atoms with van der Waals surface area (Å²) in [5.74, 6) is 0. The van der Waals surface area contributed by atoms with Gasteiger partial charge >= 0.3 is 25.8 Å². The van der Waals surface area contributed by atoms with Crippen molar-refractivity contribution >= 4 is 0 Å². The molecule has 0 aliphatic carbocycles. The third-order valence-electron chi connectivity index (χ3n) is 3.84. The van der Waals surface area contributed by atoms with Crippen molar-refractivity contribution in [2.45, 2.75) is 41.5 Å². The van der Waals surface area contributed by atoms with Crippen LogP contribution in [0.3, 0.4) is 0 Å². The van der Waals surface area contributed by atoms with E-state index in [9.17, 15) is 0 Å². The van der Waals surface area contributed by atoms with Crippen LogP contribution < -0.4 is 0 Å². The fourth-order valence-electron chi connectivity index (χ4n) is 3.21. The van der Waals surface area contributed by atoms with Crippen LogP contribution in [0.1, 0.15) is 50.1 Å². The molecule has 0 saturated carbocycles. The summed E-state index contributed by atoms with van der Waals surface area (Å²) in [6, 6.07) is 18.9. The molecule has 3 rings (SSSR count). The van der Waals surface area contributed by atoms with E-state index >= 15 is 0 Å². The molecule has 144 valence electrons. The smallest absolute Gasteiger partial charge is 0.199 e. The average molecular weight is 403 g/mol. The van der Waals surface area contributed by atoms with Gasteiger partial charge in [0.1, 0.15) is 0 Å². The number of hydrogen-bond donors (Lipinski definition) is 0. The zero-order valence-electron chi connectivity index (χ0n) is 18.4. The minimum atomic E-state index is 0. The van der Waals surface area contributed by atoms with Gasteiger partial charge in [0.05, 0.1) is 0 Å². The third-order valence-corrected chi connectivity index (χ3v) is 3.84. The molecule has 1 heteroatoms. The summed E-state index contributed by atoms with van der Waals surface area (Å²) in [4.78, 5) is 0. The van der Waals surface area contributed by atoms with Crippen molar-refractivity contribution in [3.63, 3.8) is 0 Å². The van der Waals surface area contributed by atoms with Crippen LogP contribution in [0.25, 0.3) is 0 Å². The Bertz CT molecular complexity index is 606. The Morgan fingerprint density at radius 3 is 0.607 bits per heavy atom. The maximum absolute atomic E-state index is 3.84. The molecule has 0 fully saturated rings. The van der Waals surface area contributed by atoms with E-state index in [1.165, 1.54) is 33.4 Å². The normalized spacial score (nSPS) is 9.21. The molecule has 0 nitrogen and oxygen atoms in total. The summed E-state index contributed by atoms with van der Waals surface area (Å²) in [6.07, 6.45) is 0. The molecule has 0 unspecified atom stereocenters. The summed E-state index contributed by atoms with van der Waals surface area (Å²) in [6.45, 7) is 24.0. The van der Waals surface area contributed by atoms with E-state index in [1.54, 1.807) is 0 Å². The molecule has 28 heavy (non-hydrogen) atoms. The number of benzene rings is 3. The summed E-state index contributed by atoms with van der Waals surface area (Å²) >= 11 is 0. The van der Waals surface area contributed by atoms with Crippen LogP contribution in [0.2, 0.25) is 0 Å². The SMILES string of the molecule is [CH2-]c1cc(C)cc(C)c1.[CH2-]c1cc(C)cc(C)c1.[CH2-]c1cc(C)cc(C)c1.[Sc+3]. The molecule has 3 aromatic rings. The first-order chi connectivity index (χ1) is 12.5. The Hall–Kier alpha value is -1.86. The van der Waals surface area contributed by atoms with Gasteiger partial charge in [0.15, 0.2) is 0 Å². The molecule has 0 heterocycles. The maximum Gasteiger partial charge on any atom is 3.00 e. The fourth-order valence-corrected chi connectivity index (χ4v) is 3.21. The zero-order chi connectivity index (χ0) is 20.6. The van der Waals surface area contributed by atoms with Gasteiger partial charge in [-0.3, -0.25) is 0 Å². The van der Waals surface area contributed by atoms with E-state index in [4.69, 9.17) is 0 Å². The molecular formula is C27H33Sc. The first-order valence-corrected chi connectivity index (χ1v) is 9.26. The van der Waals surface area contributed by atoms with Crippen LogP contribution in [0.4, 0.5) is 0 Å². The van der Waals surface area contributed by atoms with Crippen LogP contribution in [-0.4, -0.2) is 0 Å². The van der Waals surface area contributed by atoms with E-state index in [0.29, 0.717) is 0 Å². The van der Waals surface area contributed by atoms with Crippen molar-refractivity contribution in [2.24, 2.45) is 0 Å². The Labute approximate surface area is 192 Å². The van der Waals surface area contributed by atoms with E-state index in [-0.39, 0.29) is 25.8 Å². The quantitative estimate of drug-likeness (QED) is 0.342. The molecule has 0 atom stereocenters. The molecular weight excluding hydrogens is 369 g/mol. The van der Waals surface area contributed by atoms with Crippen LogP contribution in [0.5, 0.6) is 0 Å². The second-order valence-corrected chi connectivity index (χ2v) is 7.49. The van der Waals surface area contributed by atoms with E-state index < -0.39 is 0 Å². The molecule has 0 bridgehead atoms. The second-order valence-electron chi connectivity index (χ2n) is 7.49. The van der Waals surface area contributed by atoms with Gasteiger partial charge in [0.25, 0.3) is 0 Å². The molecule has 0 aliphatic heterocycles. The van der Waals surface area contributed by atoms with Crippen LogP contribution in [0.15, 0.2) is 54.6 Å². The van der Waals surface area contributed by atoms with E-state index in [1.807, 2.05) is 0 Å². The van der Waals surface area contributed by atoms with Crippen molar-refractivity contribution in [3.05, 3.63) is 125 Å². The van der Waals surface area contributed by atoms with Gasteiger partial charge in [-0.2, -0.15) is 73.9 Å². The summed E-state index contributed by atoms with van der Waals surface area (Å²) in [7, 11) is 0. The predicted molar refractivity (Wildman–Crippen MR) is 121 cm³/mol. The van der Waals surface area contributed by atoms with E-state index in [2.05, 4.69) is 117 Å². The first-order valence-electron chi connectivity index (χ1n) is 9.26. The monoisotopic (exact) mass is 402 g/mol. The number of hydrogen-bond acceptors (Lipinski definition) is 0. The molecule has 0 radical (unpaired) electrons. The van der Waals surface area contributed by atoms with Gasteiger partial charge < -0.3 is 0 Å². The van der Waals surface area contributed by atoms with Crippen LogP contribution in [0, 0.1) is 62.3 Å². The largest absolute Gasteiger partial charge is 3.00 e. The third kappa shape index (κ3) is 11.1. The second kappa shape index (κ2) is 12.6. The predicted octanol–water partition coefficient (Wildman–Crippen LogP) is 7.45. The van der Waals surface area contributed by atoms with Gasteiger partial charge in [-0.05, 0) is 0 Å². The summed E-state index contributed by atoms with van der Waals surface area (Å²) in [5.41, 5.74) is 11.1. The van der Waals surface area contributed by atoms with Crippen molar-refractivity contribution < 1.29 is 25.8 Å². The van der Waals surface area contributed by atoms with Crippen LogP contribution >= 0.6 is 0 Å². The number of aryl methyl sites for hydroxylation is 6. The maximum atomic E-state index is 3.84. The van der Waals surface area contributed by atoms with Gasteiger partial charge in [-0.25, -0.2) is 0 Å². The molecule has 0 spiro atoms. The van der Waals surface area contributed by atoms with Crippen molar-refractivity contribution in [3.8, 4) is 0 Å². The van der Waals surface area contributed by atoms with Crippen molar-refractivity contribution in [1.29, 1.82) is 0 Å². The minimum Gasteiger partial charge on any atom is -0.199 e. The molecule has 0 N–H and O–H groups in total. The molecule has 0 aromatic heterocycles. The topological polar surface area (TPSA) is 0 Å². The van der Waals surface area contributed by atoms with E-state index in [0.717, 1.165) is 16.7 Å². The van der Waals surface area contributed by atoms with Gasteiger partial charge in [-0.1, -0.05) is 59.7 Å². The molecule has 3 aromatic carbocycles. The van der Waals surface area contributed by atoms with Gasteiger partial charge in [0, 0.05) is 0 Å². The zero-order valence-corrected chi connectivity index (χ0v) is 20.2. The summed E-state index contributed by atoms with van der Waals surface area (Å²) in [5, 5.41) is 0. The van der Waals surface area contributed by atoms with Gasteiger partial charge in [0.2, 0.25) is 0 Å². The Kier molecular flexibility index (Phi) is 11.7. The number of rotatable bonds is 0. The fraction of sp³-hybridized carbons (Fsp3) is 0.222. The Morgan fingerprint density at radius 1 is 0.357 bits per heavy atom.